The Labute approximate surface area is 183 Å². The third kappa shape index (κ3) is 4.49. The van der Waals surface area contributed by atoms with Gasteiger partial charge in [-0.15, -0.1) is 0 Å². The number of rotatable bonds is 6. The molecular weight excluding hydrogens is 372 g/mol. The van der Waals surface area contributed by atoms with Crippen LogP contribution in [0, 0.1) is 29.1 Å². The highest BCUT2D eigenvalue weighted by Gasteiger charge is 2.50. The van der Waals surface area contributed by atoms with Crippen LogP contribution in [0.2, 0.25) is 0 Å². The third-order valence-corrected chi connectivity index (χ3v) is 9.07. The van der Waals surface area contributed by atoms with Gasteiger partial charge in [0.1, 0.15) is 0 Å². The second-order valence-electron chi connectivity index (χ2n) is 11.1. The van der Waals surface area contributed by atoms with Gasteiger partial charge in [-0.25, -0.2) is 0 Å². The van der Waals surface area contributed by atoms with Gasteiger partial charge in [0.2, 0.25) is 0 Å². The van der Waals surface area contributed by atoms with Crippen LogP contribution in [-0.2, 0) is 0 Å². The molecule has 0 bridgehead atoms. The highest BCUT2D eigenvalue weighted by Crippen LogP contribution is 2.60. The van der Waals surface area contributed by atoms with Crippen molar-refractivity contribution < 1.29 is 15.3 Å². The molecule has 7 atom stereocenters. The van der Waals surface area contributed by atoms with Crippen molar-refractivity contribution in [3.63, 3.8) is 0 Å². The van der Waals surface area contributed by atoms with Gasteiger partial charge in [-0.1, -0.05) is 38.2 Å². The molecular formula is C27H42O3. The summed E-state index contributed by atoms with van der Waals surface area (Å²) in [5, 5.41) is 30.5. The Balaban J connectivity index is 1.44. The third-order valence-electron chi connectivity index (χ3n) is 9.07. The van der Waals surface area contributed by atoms with E-state index < -0.39 is 12.2 Å². The maximum absolute atomic E-state index is 10.3. The quantitative estimate of drug-likeness (QED) is 0.552. The maximum Gasteiger partial charge on any atom is 0.0811 e. The van der Waals surface area contributed by atoms with E-state index in [-0.39, 0.29) is 6.10 Å². The number of fused-ring (bicyclic) bond motifs is 1. The fourth-order valence-corrected chi connectivity index (χ4v) is 7.03. The summed E-state index contributed by atoms with van der Waals surface area (Å²) in [5.74, 6) is 2.66. The average Bonchev–Trinajstić information content (AvgIpc) is 3.49. The van der Waals surface area contributed by atoms with E-state index in [0.29, 0.717) is 36.0 Å². The van der Waals surface area contributed by atoms with Crippen molar-refractivity contribution >= 4 is 0 Å². The van der Waals surface area contributed by atoms with Crippen LogP contribution in [0.1, 0.15) is 84.5 Å². The van der Waals surface area contributed by atoms with Gasteiger partial charge in [-0.05, 0) is 104 Å². The van der Waals surface area contributed by atoms with E-state index >= 15 is 0 Å². The maximum atomic E-state index is 10.3. The molecule has 3 heteroatoms. The molecule has 0 aromatic carbocycles. The lowest BCUT2D eigenvalue weighted by molar-refractivity contribution is 0.0784. The SMILES string of the molecule is C=C1/C(=C\C=C2/CCC[C@@]3(C)C2CC[C@@H]3[C@H](C)CCC(O)C2CC2)C[C@@H](O)C[C@@H]1O. The highest BCUT2D eigenvalue weighted by molar-refractivity contribution is 5.38. The van der Waals surface area contributed by atoms with Crippen LogP contribution in [0.4, 0.5) is 0 Å². The molecule has 2 unspecified atom stereocenters. The van der Waals surface area contributed by atoms with Crippen molar-refractivity contribution in [1.29, 1.82) is 0 Å². The smallest absolute Gasteiger partial charge is 0.0811 e. The molecule has 4 aliphatic carbocycles. The summed E-state index contributed by atoms with van der Waals surface area (Å²) in [6.07, 6.45) is 15.2. The first kappa shape index (κ1) is 22.3. The van der Waals surface area contributed by atoms with Gasteiger partial charge in [0.25, 0.3) is 0 Å². The van der Waals surface area contributed by atoms with Crippen LogP contribution in [-0.4, -0.2) is 33.6 Å². The van der Waals surface area contributed by atoms with E-state index in [1.54, 1.807) is 5.57 Å². The largest absolute Gasteiger partial charge is 0.393 e. The summed E-state index contributed by atoms with van der Waals surface area (Å²) in [7, 11) is 0. The van der Waals surface area contributed by atoms with Crippen molar-refractivity contribution in [3.8, 4) is 0 Å². The van der Waals surface area contributed by atoms with Crippen molar-refractivity contribution in [2.75, 3.05) is 0 Å². The van der Waals surface area contributed by atoms with E-state index in [1.807, 2.05) is 0 Å². The summed E-state index contributed by atoms with van der Waals surface area (Å²) in [6.45, 7) is 9.01. The van der Waals surface area contributed by atoms with Gasteiger partial charge in [-0.2, -0.15) is 0 Å². The molecule has 3 N–H and O–H groups in total. The van der Waals surface area contributed by atoms with Gasteiger partial charge < -0.3 is 15.3 Å². The predicted molar refractivity (Wildman–Crippen MR) is 122 cm³/mol. The molecule has 4 saturated carbocycles. The molecule has 4 fully saturated rings. The Kier molecular flexibility index (Phi) is 6.63. The number of aliphatic hydroxyl groups excluding tert-OH is 3. The van der Waals surface area contributed by atoms with E-state index in [4.69, 9.17) is 0 Å². The summed E-state index contributed by atoms with van der Waals surface area (Å²) >= 11 is 0. The molecule has 168 valence electrons. The van der Waals surface area contributed by atoms with Crippen LogP contribution in [0.3, 0.4) is 0 Å². The zero-order chi connectivity index (χ0) is 21.5. The number of aliphatic hydroxyl groups is 3. The predicted octanol–water partition coefficient (Wildman–Crippen LogP) is 5.31. The first-order valence-electron chi connectivity index (χ1n) is 12.4. The van der Waals surface area contributed by atoms with Gasteiger partial charge in [0.15, 0.2) is 0 Å². The first-order chi connectivity index (χ1) is 14.3. The standard InChI is InChI=1S/C27H42O3/c1-17(6-13-25(29)20-8-9-20)23-11-12-24-19(5-4-14-27(23,24)3)7-10-21-15-22(28)16-26(30)18(21)2/h7,10,17,20,22-26,28-30H,2,4-6,8-9,11-16H2,1,3H3/b19-7+,21-10-/t17-,22-,23-,24?,25?,26+,27-/m1/s1. The second-order valence-corrected chi connectivity index (χ2v) is 11.1. The fraction of sp³-hybridized carbons (Fsp3) is 0.778. The highest BCUT2D eigenvalue weighted by atomic mass is 16.3. The Hall–Kier alpha value is -0.900. The normalized spacial score (nSPS) is 41.8. The zero-order valence-corrected chi connectivity index (χ0v) is 19.0. The molecule has 4 aliphatic rings. The number of hydrogen-bond donors (Lipinski definition) is 3. The van der Waals surface area contributed by atoms with Crippen molar-refractivity contribution in [2.45, 2.75) is 103 Å². The van der Waals surface area contributed by atoms with E-state index in [1.165, 1.54) is 44.9 Å². The molecule has 0 radical (unpaired) electrons. The molecule has 0 aliphatic heterocycles. The van der Waals surface area contributed by atoms with Crippen LogP contribution in [0.25, 0.3) is 0 Å². The van der Waals surface area contributed by atoms with Crippen LogP contribution < -0.4 is 0 Å². The van der Waals surface area contributed by atoms with Gasteiger partial charge in [-0.3, -0.25) is 0 Å². The molecule has 0 aromatic heterocycles. The summed E-state index contributed by atoms with van der Waals surface area (Å²) in [6, 6.07) is 0. The van der Waals surface area contributed by atoms with Crippen LogP contribution in [0.5, 0.6) is 0 Å². The lowest BCUT2D eigenvalue weighted by atomic mass is 9.60. The number of hydrogen-bond acceptors (Lipinski definition) is 3. The average molecular weight is 415 g/mol. The molecule has 0 amide bonds. The number of allylic oxidation sites excluding steroid dienone is 3. The van der Waals surface area contributed by atoms with E-state index in [2.05, 4.69) is 32.6 Å². The molecule has 4 rings (SSSR count). The van der Waals surface area contributed by atoms with Crippen molar-refractivity contribution in [1.82, 2.24) is 0 Å². The van der Waals surface area contributed by atoms with Gasteiger partial charge >= 0.3 is 0 Å². The van der Waals surface area contributed by atoms with Crippen LogP contribution >= 0.6 is 0 Å². The topological polar surface area (TPSA) is 60.7 Å². The first-order valence-corrected chi connectivity index (χ1v) is 12.4. The minimum absolute atomic E-state index is 0.0693. The van der Waals surface area contributed by atoms with Gasteiger partial charge in [0.05, 0.1) is 18.3 Å². The van der Waals surface area contributed by atoms with E-state index in [0.717, 1.165) is 29.9 Å². The molecule has 30 heavy (non-hydrogen) atoms. The van der Waals surface area contributed by atoms with Crippen LogP contribution in [0.15, 0.2) is 35.5 Å². The molecule has 0 spiro atoms. The monoisotopic (exact) mass is 414 g/mol. The Morgan fingerprint density at radius 2 is 1.90 bits per heavy atom. The molecule has 0 heterocycles. The molecule has 3 nitrogen and oxygen atoms in total. The Morgan fingerprint density at radius 1 is 1.13 bits per heavy atom. The minimum Gasteiger partial charge on any atom is -0.393 e. The van der Waals surface area contributed by atoms with Crippen molar-refractivity contribution in [3.05, 3.63) is 35.5 Å². The van der Waals surface area contributed by atoms with Crippen molar-refractivity contribution in [2.24, 2.45) is 29.1 Å². The Bertz CT molecular complexity index is 703. The lowest BCUT2D eigenvalue weighted by Gasteiger charge is -2.44. The second kappa shape index (κ2) is 8.92. The van der Waals surface area contributed by atoms with Gasteiger partial charge in [0, 0.05) is 6.42 Å². The summed E-state index contributed by atoms with van der Waals surface area (Å²) in [5.41, 5.74) is 3.72. The van der Waals surface area contributed by atoms with E-state index in [9.17, 15) is 15.3 Å². The molecule has 0 aromatic rings. The summed E-state index contributed by atoms with van der Waals surface area (Å²) < 4.78 is 0. The summed E-state index contributed by atoms with van der Waals surface area (Å²) in [4.78, 5) is 0. The lowest BCUT2D eigenvalue weighted by Crippen LogP contribution is -2.36. The minimum atomic E-state index is -0.613. The Morgan fingerprint density at radius 3 is 2.63 bits per heavy atom. The molecule has 0 saturated heterocycles. The zero-order valence-electron chi connectivity index (χ0n) is 19.0. The fourth-order valence-electron chi connectivity index (χ4n) is 7.03.